The van der Waals surface area contributed by atoms with Crippen LogP contribution in [0.3, 0.4) is 0 Å². The molecule has 2 aromatic rings. The molecular weight excluding hydrogens is 351 g/mol. The van der Waals surface area contributed by atoms with E-state index in [4.69, 9.17) is 0 Å². The maximum absolute atomic E-state index is 14.0. The van der Waals surface area contributed by atoms with Gasteiger partial charge in [0, 0.05) is 27.5 Å². The summed E-state index contributed by atoms with van der Waals surface area (Å²) in [6.07, 6.45) is 4.55. The van der Waals surface area contributed by atoms with E-state index in [0.717, 1.165) is 34.6 Å². The van der Waals surface area contributed by atoms with Gasteiger partial charge >= 0.3 is 0 Å². The predicted octanol–water partition coefficient (Wildman–Crippen LogP) is 4.92. The van der Waals surface area contributed by atoms with Crippen molar-refractivity contribution in [1.82, 2.24) is 10.3 Å². The van der Waals surface area contributed by atoms with Gasteiger partial charge in [-0.15, -0.1) is 11.3 Å². The van der Waals surface area contributed by atoms with Gasteiger partial charge < -0.3 is 5.32 Å². The van der Waals surface area contributed by atoms with Crippen LogP contribution in [0.1, 0.15) is 36.8 Å². The summed E-state index contributed by atoms with van der Waals surface area (Å²) >= 11 is 5.02. The molecule has 1 N–H and O–H groups in total. The van der Waals surface area contributed by atoms with Crippen molar-refractivity contribution in [2.24, 2.45) is 0 Å². The fourth-order valence-corrected chi connectivity index (χ4v) is 3.69. The number of aryl methyl sites for hydroxylation is 1. The van der Waals surface area contributed by atoms with E-state index in [1.165, 1.54) is 23.8 Å². The number of nitrogens with zero attached hydrogens (tertiary/aromatic N) is 1. The average Bonchev–Trinajstić information content (AvgIpc) is 3.21. The normalized spacial score (nSPS) is 14.6. The van der Waals surface area contributed by atoms with Crippen LogP contribution < -0.4 is 5.32 Å². The van der Waals surface area contributed by atoms with Crippen molar-refractivity contribution in [2.45, 2.75) is 45.2 Å². The van der Waals surface area contributed by atoms with E-state index in [0.29, 0.717) is 11.6 Å². The first-order valence-electron chi connectivity index (χ1n) is 7.34. The first-order chi connectivity index (χ1) is 10.2. The van der Waals surface area contributed by atoms with Gasteiger partial charge in [0.05, 0.1) is 5.69 Å². The van der Waals surface area contributed by atoms with Crippen LogP contribution in [0.15, 0.2) is 22.7 Å². The average molecular weight is 369 g/mol. The van der Waals surface area contributed by atoms with Gasteiger partial charge in [0.2, 0.25) is 0 Å². The molecule has 1 heterocycles. The summed E-state index contributed by atoms with van der Waals surface area (Å²) in [4.78, 5) is 5.94. The quantitative estimate of drug-likeness (QED) is 0.782. The lowest BCUT2D eigenvalue weighted by molar-refractivity contribution is 0.631. The van der Waals surface area contributed by atoms with Gasteiger partial charge in [0.25, 0.3) is 0 Å². The number of benzene rings is 1. The number of rotatable bonds is 6. The molecule has 0 spiro atoms. The van der Waals surface area contributed by atoms with Crippen LogP contribution in [0, 0.1) is 5.82 Å². The van der Waals surface area contributed by atoms with Gasteiger partial charge in [-0.1, -0.05) is 29.3 Å². The SMILES string of the molecule is CCCc1nc(-c2cc(Br)ccc2F)sc1CNC1CC1. The molecule has 0 saturated heterocycles. The minimum absolute atomic E-state index is 0.211. The summed E-state index contributed by atoms with van der Waals surface area (Å²) in [5, 5.41) is 4.31. The Morgan fingerprint density at radius 1 is 1.43 bits per heavy atom. The Morgan fingerprint density at radius 2 is 2.24 bits per heavy atom. The minimum atomic E-state index is -0.211. The topological polar surface area (TPSA) is 24.9 Å². The van der Waals surface area contributed by atoms with E-state index < -0.39 is 0 Å². The van der Waals surface area contributed by atoms with Crippen LogP contribution in [0.2, 0.25) is 0 Å². The molecule has 0 aliphatic heterocycles. The van der Waals surface area contributed by atoms with Crippen LogP contribution in [-0.4, -0.2) is 11.0 Å². The molecule has 1 aliphatic rings. The van der Waals surface area contributed by atoms with E-state index in [1.807, 2.05) is 6.07 Å². The zero-order valence-electron chi connectivity index (χ0n) is 12.0. The third kappa shape index (κ3) is 3.71. The molecule has 1 aromatic carbocycles. The van der Waals surface area contributed by atoms with Gasteiger partial charge in [-0.05, 0) is 37.5 Å². The van der Waals surface area contributed by atoms with Crippen molar-refractivity contribution in [3.63, 3.8) is 0 Å². The lowest BCUT2D eigenvalue weighted by Crippen LogP contribution is -2.15. The monoisotopic (exact) mass is 368 g/mol. The zero-order valence-corrected chi connectivity index (χ0v) is 14.4. The van der Waals surface area contributed by atoms with E-state index in [9.17, 15) is 4.39 Å². The van der Waals surface area contributed by atoms with Crippen LogP contribution in [-0.2, 0) is 13.0 Å². The Morgan fingerprint density at radius 3 is 2.95 bits per heavy atom. The zero-order chi connectivity index (χ0) is 14.8. The second-order valence-corrected chi connectivity index (χ2v) is 7.42. The van der Waals surface area contributed by atoms with Gasteiger partial charge in [-0.3, -0.25) is 0 Å². The molecule has 5 heteroatoms. The predicted molar refractivity (Wildman–Crippen MR) is 89.1 cm³/mol. The number of aromatic nitrogens is 1. The van der Waals surface area contributed by atoms with Crippen molar-refractivity contribution in [3.05, 3.63) is 39.1 Å². The molecule has 3 rings (SSSR count). The molecular formula is C16H18BrFN2S. The highest BCUT2D eigenvalue weighted by molar-refractivity contribution is 9.10. The Bertz CT molecular complexity index is 637. The van der Waals surface area contributed by atoms with Gasteiger partial charge in [-0.25, -0.2) is 9.37 Å². The second kappa shape index (κ2) is 6.55. The molecule has 112 valence electrons. The first-order valence-corrected chi connectivity index (χ1v) is 8.95. The summed E-state index contributed by atoms with van der Waals surface area (Å²) < 4.78 is 14.9. The fourth-order valence-electron chi connectivity index (χ4n) is 2.25. The molecule has 1 aliphatic carbocycles. The molecule has 1 fully saturated rings. The van der Waals surface area contributed by atoms with Crippen LogP contribution in [0.5, 0.6) is 0 Å². The van der Waals surface area contributed by atoms with Crippen LogP contribution >= 0.6 is 27.3 Å². The minimum Gasteiger partial charge on any atom is -0.309 e. The van der Waals surface area contributed by atoms with Crippen molar-refractivity contribution in [2.75, 3.05) is 0 Å². The van der Waals surface area contributed by atoms with E-state index in [-0.39, 0.29) is 5.82 Å². The number of hydrogen-bond donors (Lipinski definition) is 1. The van der Waals surface area contributed by atoms with E-state index in [2.05, 4.69) is 33.2 Å². The Labute approximate surface area is 136 Å². The van der Waals surface area contributed by atoms with Crippen molar-refractivity contribution in [1.29, 1.82) is 0 Å². The van der Waals surface area contributed by atoms with Crippen LogP contribution in [0.4, 0.5) is 4.39 Å². The third-order valence-corrected chi connectivity index (χ3v) is 5.18. The van der Waals surface area contributed by atoms with Crippen molar-refractivity contribution < 1.29 is 4.39 Å². The fraction of sp³-hybridized carbons (Fsp3) is 0.438. The molecule has 1 aromatic heterocycles. The smallest absolute Gasteiger partial charge is 0.133 e. The molecule has 2 nitrogen and oxygen atoms in total. The molecule has 21 heavy (non-hydrogen) atoms. The van der Waals surface area contributed by atoms with E-state index in [1.54, 1.807) is 17.4 Å². The lowest BCUT2D eigenvalue weighted by atomic mass is 10.2. The third-order valence-electron chi connectivity index (χ3n) is 3.55. The molecule has 0 atom stereocenters. The lowest BCUT2D eigenvalue weighted by Gasteiger charge is -2.01. The molecule has 0 amide bonds. The highest BCUT2D eigenvalue weighted by Crippen LogP contribution is 2.33. The number of nitrogens with one attached hydrogen (secondary N) is 1. The van der Waals surface area contributed by atoms with E-state index >= 15 is 0 Å². The Hall–Kier alpha value is -0.780. The number of hydrogen-bond acceptors (Lipinski definition) is 3. The summed E-state index contributed by atoms with van der Waals surface area (Å²) in [5.41, 5.74) is 1.70. The van der Waals surface area contributed by atoms with Gasteiger partial charge in [0.15, 0.2) is 0 Å². The molecule has 0 bridgehead atoms. The molecule has 0 radical (unpaired) electrons. The maximum atomic E-state index is 14.0. The van der Waals surface area contributed by atoms with Gasteiger partial charge in [-0.2, -0.15) is 0 Å². The van der Waals surface area contributed by atoms with Crippen molar-refractivity contribution in [3.8, 4) is 10.6 Å². The highest BCUT2D eigenvalue weighted by Gasteiger charge is 2.22. The number of thiazole rings is 1. The summed E-state index contributed by atoms with van der Waals surface area (Å²) in [7, 11) is 0. The Kier molecular flexibility index (Phi) is 4.72. The summed E-state index contributed by atoms with van der Waals surface area (Å²) in [6, 6.07) is 5.69. The Balaban J connectivity index is 1.90. The summed E-state index contributed by atoms with van der Waals surface area (Å²) in [5.74, 6) is -0.211. The number of halogens is 2. The van der Waals surface area contributed by atoms with Crippen LogP contribution in [0.25, 0.3) is 10.6 Å². The second-order valence-electron chi connectivity index (χ2n) is 5.42. The van der Waals surface area contributed by atoms with Crippen molar-refractivity contribution >= 4 is 27.3 Å². The van der Waals surface area contributed by atoms with Gasteiger partial charge in [0.1, 0.15) is 10.8 Å². The first kappa shape index (κ1) is 15.1. The molecule has 1 saturated carbocycles. The molecule has 0 unspecified atom stereocenters. The standard InChI is InChI=1S/C16H18BrFN2S/c1-2-3-14-15(9-19-11-5-6-11)21-16(20-14)12-8-10(17)4-7-13(12)18/h4,7-8,11,19H,2-3,5-6,9H2,1H3. The highest BCUT2D eigenvalue weighted by atomic mass is 79.9. The maximum Gasteiger partial charge on any atom is 0.133 e. The largest absolute Gasteiger partial charge is 0.309 e. The summed E-state index contributed by atoms with van der Waals surface area (Å²) in [6.45, 7) is 3.00.